The standard InChI is InChI=1S/C14H28N2O3/c1-12-5-3-6-14(18,9-12)11-15-10-13(17)16-7-4-8-19-2/h12,15,18H,3-11H2,1-2H3,(H,16,17). The maximum Gasteiger partial charge on any atom is 0.233 e. The largest absolute Gasteiger partial charge is 0.389 e. The summed E-state index contributed by atoms with van der Waals surface area (Å²) in [5, 5.41) is 16.3. The van der Waals surface area contributed by atoms with Crippen LogP contribution in [0.25, 0.3) is 0 Å². The van der Waals surface area contributed by atoms with Crippen LogP contribution in [0.2, 0.25) is 0 Å². The summed E-state index contributed by atoms with van der Waals surface area (Å²) in [5.41, 5.74) is -0.631. The molecule has 5 nitrogen and oxygen atoms in total. The third kappa shape index (κ3) is 6.89. The highest BCUT2D eigenvalue weighted by Gasteiger charge is 2.32. The van der Waals surface area contributed by atoms with Gasteiger partial charge in [0.15, 0.2) is 0 Å². The first kappa shape index (κ1) is 16.4. The van der Waals surface area contributed by atoms with Crippen LogP contribution in [0, 0.1) is 5.92 Å². The van der Waals surface area contributed by atoms with Crippen molar-refractivity contribution in [3.8, 4) is 0 Å². The van der Waals surface area contributed by atoms with E-state index < -0.39 is 5.60 Å². The topological polar surface area (TPSA) is 70.6 Å². The Morgan fingerprint density at radius 2 is 2.32 bits per heavy atom. The number of carbonyl (C=O) groups is 1. The van der Waals surface area contributed by atoms with E-state index in [0.29, 0.717) is 25.6 Å². The van der Waals surface area contributed by atoms with Gasteiger partial charge in [-0.2, -0.15) is 0 Å². The highest BCUT2D eigenvalue weighted by Crippen LogP contribution is 2.31. The molecule has 0 bridgehead atoms. The third-order valence-corrected chi connectivity index (χ3v) is 3.65. The lowest BCUT2D eigenvalue weighted by molar-refractivity contribution is -0.120. The average molecular weight is 272 g/mol. The van der Waals surface area contributed by atoms with Crippen LogP contribution in [0.5, 0.6) is 0 Å². The van der Waals surface area contributed by atoms with Crippen LogP contribution >= 0.6 is 0 Å². The molecule has 0 radical (unpaired) electrons. The first-order valence-electron chi connectivity index (χ1n) is 7.24. The highest BCUT2D eigenvalue weighted by molar-refractivity contribution is 5.77. The van der Waals surface area contributed by atoms with E-state index in [1.807, 2.05) is 0 Å². The lowest BCUT2D eigenvalue weighted by atomic mass is 9.79. The molecule has 3 N–H and O–H groups in total. The predicted molar refractivity (Wildman–Crippen MR) is 75.0 cm³/mol. The van der Waals surface area contributed by atoms with E-state index in [1.54, 1.807) is 7.11 Å². The smallest absolute Gasteiger partial charge is 0.233 e. The van der Waals surface area contributed by atoms with Gasteiger partial charge in [0.05, 0.1) is 12.1 Å². The number of rotatable bonds is 8. The fourth-order valence-corrected chi connectivity index (χ4v) is 2.71. The number of ether oxygens (including phenoxy) is 1. The van der Waals surface area contributed by atoms with Crippen molar-refractivity contribution in [2.24, 2.45) is 5.92 Å². The number of amides is 1. The van der Waals surface area contributed by atoms with E-state index in [1.165, 1.54) is 6.42 Å². The molecule has 2 unspecified atom stereocenters. The second-order valence-corrected chi connectivity index (χ2v) is 5.73. The molecule has 0 aromatic heterocycles. The molecule has 0 saturated heterocycles. The monoisotopic (exact) mass is 272 g/mol. The lowest BCUT2D eigenvalue weighted by Gasteiger charge is -2.35. The zero-order valence-corrected chi connectivity index (χ0v) is 12.2. The first-order chi connectivity index (χ1) is 9.06. The molecule has 1 fully saturated rings. The van der Waals surface area contributed by atoms with Crippen LogP contribution in [0.1, 0.15) is 39.0 Å². The number of methoxy groups -OCH3 is 1. The van der Waals surface area contributed by atoms with Crippen molar-refractivity contribution < 1.29 is 14.6 Å². The molecule has 0 aliphatic heterocycles. The van der Waals surface area contributed by atoms with Crippen molar-refractivity contribution in [1.29, 1.82) is 0 Å². The average Bonchev–Trinajstić information content (AvgIpc) is 2.34. The second kappa shape index (κ2) is 8.51. The molecule has 5 heteroatoms. The summed E-state index contributed by atoms with van der Waals surface area (Å²) in [6.45, 7) is 4.24. The molecule has 1 aliphatic rings. The van der Waals surface area contributed by atoms with Crippen LogP contribution in [-0.4, -0.2) is 50.0 Å². The van der Waals surface area contributed by atoms with Crippen LogP contribution in [0.4, 0.5) is 0 Å². The molecule has 0 aromatic carbocycles. The number of carbonyl (C=O) groups excluding carboxylic acids is 1. The molecular formula is C14H28N2O3. The van der Waals surface area contributed by atoms with E-state index >= 15 is 0 Å². The van der Waals surface area contributed by atoms with Gasteiger partial charge in [-0.25, -0.2) is 0 Å². The van der Waals surface area contributed by atoms with Gasteiger partial charge in [-0.15, -0.1) is 0 Å². The van der Waals surface area contributed by atoms with Gasteiger partial charge in [0.1, 0.15) is 0 Å². The molecule has 112 valence electrons. The minimum absolute atomic E-state index is 0.0245. The SMILES string of the molecule is COCCCNC(=O)CNCC1(O)CCCC(C)C1. The maximum atomic E-state index is 11.5. The number of hydrogen-bond donors (Lipinski definition) is 3. The van der Waals surface area contributed by atoms with Crippen LogP contribution in [-0.2, 0) is 9.53 Å². The lowest BCUT2D eigenvalue weighted by Crippen LogP contribution is -2.46. The summed E-state index contributed by atoms with van der Waals surface area (Å²) in [6.07, 6.45) is 4.75. The molecule has 19 heavy (non-hydrogen) atoms. The van der Waals surface area contributed by atoms with Crippen LogP contribution < -0.4 is 10.6 Å². The molecule has 0 spiro atoms. The molecule has 0 heterocycles. The highest BCUT2D eigenvalue weighted by atomic mass is 16.5. The molecular weight excluding hydrogens is 244 g/mol. The van der Waals surface area contributed by atoms with Crippen molar-refractivity contribution in [2.45, 2.75) is 44.6 Å². The minimum atomic E-state index is -0.631. The summed E-state index contributed by atoms with van der Waals surface area (Å²) in [5.74, 6) is 0.548. The summed E-state index contributed by atoms with van der Waals surface area (Å²) in [6, 6.07) is 0. The van der Waals surface area contributed by atoms with Crippen LogP contribution in [0.15, 0.2) is 0 Å². The predicted octanol–water partition coefficient (Wildman–Crippen LogP) is 0.670. The number of hydrogen-bond acceptors (Lipinski definition) is 4. The van der Waals surface area contributed by atoms with E-state index in [2.05, 4.69) is 17.6 Å². The summed E-state index contributed by atoms with van der Waals surface area (Å²) >= 11 is 0. The quantitative estimate of drug-likeness (QED) is 0.568. The van der Waals surface area contributed by atoms with E-state index in [0.717, 1.165) is 25.7 Å². The van der Waals surface area contributed by atoms with Gasteiger partial charge in [0.25, 0.3) is 0 Å². The van der Waals surface area contributed by atoms with Gasteiger partial charge >= 0.3 is 0 Å². The molecule has 1 aliphatic carbocycles. The van der Waals surface area contributed by atoms with Gasteiger partial charge < -0.3 is 20.5 Å². The third-order valence-electron chi connectivity index (χ3n) is 3.65. The fourth-order valence-electron chi connectivity index (χ4n) is 2.71. The minimum Gasteiger partial charge on any atom is -0.389 e. The summed E-state index contributed by atoms with van der Waals surface area (Å²) in [7, 11) is 1.65. The van der Waals surface area contributed by atoms with Gasteiger partial charge in [0, 0.05) is 26.8 Å². The van der Waals surface area contributed by atoms with Gasteiger partial charge in [-0.05, 0) is 25.2 Å². The van der Waals surface area contributed by atoms with E-state index in [4.69, 9.17) is 4.74 Å². The van der Waals surface area contributed by atoms with E-state index in [9.17, 15) is 9.90 Å². The van der Waals surface area contributed by atoms with Crippen molar-refractivity contribution in [1.82, 2.24) is 10.6 Å². The molecule has 2 atom stereocenters. The molecule has 1 rings (SSSR count). The van der Waals surface area contributed by atoms with Gasteiger partial charge in [-0.3, -0.25) is 4.79 Å². The van der Waals surface area contributed by atoms with Gasteiger partial charge in [0.2, 0.25) is 5.91 Å². The number of aliphatic hydroxyl groups is 1. The Labute approximate surface area is 116 Å². The number of nitrogens with one attached hydrogen (secondary N) is 2. The Kier molecular flexibility index (Phi) is 7.34. The fraction of sp³-hybridized carbons (Fsp3) is 0.929. The Hall–Kier alpha value is -0.650. The van der Waals surface area contributed by atoms with Gasteiger partial charge in [-0.1, -0.05) is 19.8 Å². The molecule has 1 amide bonds. The maximum absolute atomic E-state index is 11.5. The van der Waals surface area contributed by atoms with Crippen molar-refractivity contribution in [3.05, 3.63) is 0 Å². The Balaban J connectivity index is 2.10. The zero-order chi connectivity index (χ0) is 14.1. The molecule has 1 saturated carbocycles. The summed E-state index contributed by atoms with van der Waals surface area (Å²) < 4.78 is 4.91. The molecule has 0 aromatic rings. The van der Waals surface area contributed by atoms with Crippen LogP contribution in [0.3, 0.4) is 0 Å². The summed E-state index contributed by atoms with van der Waals surface area (Å²) in [4.78, 5) is 11.5. The van der Waals surface area contributed by atoms with E-state index in [-0.39, 0.29) is 12.5 Å². The second-order valence-electron chi connectivity index (χ2n) is 5.73. The Morgan fingerprint density at radius 1 is 1.53 bits per heavy atom. The zero-order valence-electron chi connectivity index (χ0n) is 12.2. The Morgan fingerprint density at radius 3 is 3.00 bits per heavy atom. The first-order valence-corrected chi connectivity index (χ1v) is 7.24. The van der Waals surface area contributed by atoms with Crippen molar-refractivity contribution in [2.75, 3.05) is 33.4 Å². The van der Waals surface area contributed by atoms with Crippen molar-refractivity contribution >= 4 is 5.91 Å². The Bertz CT molecular complexity index is 273. The van der Waals surface area contributed by atoms with Crippen molar-refractivity contribution in [3.63, 3.8) is 0 Å². The normalized spacial score (nSPS) is 27.2.